The standard InChI is InChI=1S/C12H11F4NO2/c13-11(14)12(15,16)19-9-6-7(2-3-8(9)18-11)10(17)4-1-5-10/h2-3,6H,1,4-5,17H2. The monoisotopic (exact) mass is 277 g/mol. The van der Waals surface area contributed by atoms with Crippen LogP contribution in [0.25, 0.3) is 0 Å². The van der Waals surface area contributed by atoms with E-state index in [1.807, 2.05) is 0 Å². The summed E-state index contributed by atoms with van der Waals surface area (Å²) in [5, 5.41) is 0. The molecule has 2 N–H and O–H groups in total. The number of rotatable bonds is 1. The van der Waals surface area contributed by atoms with Gasteiger partial charge in [0.2, 0.25) is 0 Å². The van der Waals surface area contributed by atoms with Crippen LogP contribution in [0.15, 0.2) is 18.2 Å². The average Bonchev–Trinajstić information content (AvgIpc) is 2.26. The molecule has 0 bridgehead atoms. The number of halogens is 4. The molecule has 3 nitrogen and oxygen atoms in total. The molecule has 1 saturated carbocycles. The molecular weight excluding hydrogens is 266 g/mol. The summed E-state index contributed by atoms with van der Waals surface area (Å²) in [5.74, 6) is -0.826. The van der Waals surface area contributed by atoms with Crippen LogP contribution in [0, 0.1) is 0 Å². The highest BCUT2D eigenvalue weighted by atomic mass is 19.3. The third kappa shape index (κ3) is 1.75. The molecule has 1 fully saturated rings. The lowest BCUT2D eigenvalue weighted by Gasteiger charge is -2.39. The van der Waals surface area contributed by atoms with Crippen LogP contribution in [0.2, 0.25) is 0 Å². The Morgan fingerprint density at radius 1 is 0.947 bits per heavy atom. The van der Waals surface area contributed by atoms with Gasteiger partial charge in [0.1, 0.15) is 0 Å². The average molecular weight is 277 g/mol. The number of hydrogen-bond acceptors (Lipinski definition) is 3. The first-order valence-corrected chi connectivity index (χ1v) is 5.81. The van der Waals surface area contributed by atoms with Crippen molar-refractivity contribution in [3.63, 3.8) is 0 Å². The van der Waals surface area contributed by atoms with Crippen LogP contribution < -0.4 is 15.2 Å². The zero-order valence-corrected chi connectivity index (χ0v) is 9.76. The molecule has 104 valence electrons. The van der Waals surface area contributed by atoms with Crippen LogP contribution >= 0.6 is 0 Å². The van der Waals surface area contributed by atoms with Crippen molar-refractivity contribution in [1.82, 2.24) is 0 Å². The smallest absolute Gasteiger partial charge is 0.421 e. The van der Waals surface area contributed by atoms with Crippen LogP contribution in [-0.2, 0) is 5.54 Å². The van der Waals surface area contributed by atoms with Crippen molar-refractivity contribution >= 4 is 0 Å². The molecule has 1 aromatic rings. The third-order valence-corrected chi connectivity index (χ3v) is 3.58. The Bertz CT molecular complexity index is 528. The Kier molecular flexibility index (Phi) is 2.33. The number of alkyl halides is 4. The van der Waals surface area contributed by atoms with Crippen LogP contribution in [0.4, 0.5) is 17.6 Å². The van der Waals surface area contributed by atoms with E-state index in [2.05, 4.69) is 9.47 Å². The van der Waals surface area contributed by atoms with Crippen molar-refractivity contribution in [2.24, 2.45) is 5.73 Å². The molecule has 0 aromatic heterocycles. The van der Waals surface area contributed by atoms with E-state index in [9.17, 15) is 17.6 Å². The second-order valence-electron chi connectivity index (χ2n) is 4.91. The fraction of sp³-hybridized carbons (Fsp3) is 0.500. The lowest BCUT2D eigenvalue weighted by molar-refractivity contribution is -0.391. The minimum Gasteiger partial charge on any atom is -0.421 e. The summed E-state index contributed by atoms with van der Waals surface area (Å²) in [6, 6.07) is 3.93. The summed E-state index contributed by atoms with van der Waals surface area (Å²) >= 11 is 0. The van der Waals surface area contributed by atoms with Crippen LogP contribution in [0.1, 0.15) is 24.8 Å². The molecule has 1 aliphatic heterocycles. The van der Waals surface area contributed by atoms with Gasteiger partial charge in [-0.05, 0) is 37.0 Å². The van der Waals surface area contributed by atoms with Gasteiger partial charge in [-0.25, -0.2) is 0 Å². The zero-order chi connectivity index (χ0) is 13.9. The first-order valence-electron chi connectivity index (χ1n) is 5.81. The van der Waals surface area contributed by atoms with E-state index in [0.29, 0.717) is 5.56 Å². The van der Waals surface area contributed by atoms with Gasteiger partial charge >= 0.3 is 12.2 Å². The minimum absolute atomic E-state index is 0.412. The molecule has 1 aromatic carbocycles. The van der Waals surface area contributed by atoms with Crippen molar-refractivity contribution in [3.05, 3.63) is 23.8 Å². The Morgan fingerprint density at radius 2 is 1.53 bits per heavy atom. The third-order valence-electron chi connectivity index (χ3n) is 3.58. The Labute approximate surface area is 106 Å². The van der Waals surface area contributed by atoms with Gasteiger partial charge in [0.05, 0.1) is 0 Å². The molecule has 2 aliphatic rings. The van der Waals surface area contributed by atoms with Crippen LogP contribution in [0.5, 0.6) is 11.5 Å². The summed E-state index contributed by atoms with van der Waals surface area (Å²) in [5.41, 5.74) is 6.04. The maximum Gasteiger partial charge on any atom is 0.507 e. The highest BCUT2D eigenvalue weighted by Crippen LogP contribution is 2.49. The Morgan fingerprint density at radius 3 is 2.05 bits per heavy atom. The van der Waals surface area contributed by atoms with Crippen molar-refractivity contribution < 1.29 is 27.0 Å². The van der Waals surface area contributed by atoms with Crippen molar-refractivity contribution in [2.75, 3.05) is 0 Å². The summed E-state index contributed by atoms with van der Waals surface area (Å²) in [6.07, 6.45) is -6.99. The zero-order valence-electron chi connectivity index (χ0n) is 9.76. The predicted octanol–water partition coefficient (Wildman–Crippen LogP) is 2.98. The predicted molar refractivity (Wildman–Crippen MR) is 57.3 cm³/mol. The SMILES string of the molecule is NC1(c2ccc3c(c2)OC(F)(F)C(F)(F)O3)CCC1. The normalized spacial score (nSPS) is 25.5. The van der Waals surface area contributed by atoms with Gasteiger partial charge in [-0.3, -0.25) is 0 Å². The van der Waals surface area contributed by atoms with E-state index in [1.54, 1.807) is 0 Å². The van der Waals surface area contributed by atoms with Crippen molar-refractivity contribution in [1.29, 1.82) is 0 Å². The first-order chi connectivity index (χ1) is 8.74. The van der Waals surface area contributed by atoms with E-state index < -0.39 is 29.3 Å². The van der Waals surface area contributed by atoms with Crippen molar-refractivity contribution in [3.8, 4) is 11.5 Å². The second-order valence-corrected chi connectivity index (χ2v) is 4.91. The fourth-order valence-corrected chi connectivity index (χ4v) is 2.22. The number of nitrogens with two attached hydrogens (primary N) is 1. The number of ether oxygens (including phenoxy) is 2. The van der Waals surface area contributed by atoms with Crippen LogP contribution in [0.3, 0.4) is 0 Å². The minimum atomic E-state index is -4.69. The van der Waals surface area contributed by atoms with Gasteiger partial charge in [0, 0.05) is 5.54 Å². The number of benzene rings is 1. The summed E-state index contributed by atoms with van der Waals surface area (Å²) in [6.45, 7) is 0. The topological polar surface area (TPSA) is 44.5 Å². The molecule has 7 heteroatoms. The van der Waals surface area contributed by atoms with Gasteiger partial charge in [0.15, 0.2) is 11.5 Å². The molecular formula is C12H11F4NO2. The molecule has 0 atom stereocenters. The highest BCUT2D eigenvalue weighted by molar-refractivity contribution is 5.47. The van der Waals surface area contributed by atoms with E-state index in [4.69, 9.17) is 5.73 Å². The molecule has 1 aliphatic carbocycles. The van der Waals surface area contributed by atoms with Gasteiger partial charge in [-0.2, -0.15) is 17.6 Å². The molecule has 0 amide bonds. The quantitative estimate of drug-likeness (QED) is 0.803. The van der Waals surface area contributed by atoms with E-state index in [1.165, 1.54) is 18.2 Å². The lowest BCUT2D eigenvalue weighted by Crippen LogP contribution is -2.52. The molecule has 1 heterocycles. The molecule has 0 radical (unpaired) electrons. The molecule has 3 rings (SSSR count). The lowest BCUT2D eigenvalue weighted by atomic mass is 9.73. The number of fused-ring (bicyclic) bond motifs is 1. The van der Waals surface area contributed by atoms with Crippen molar-refractivity contribution in [2.45, 2.75) is 37.0 Å². The first kappa shape index (κ1) is 12.5. The summed E-state index contributed by atoms with van der Waals surface area (Å²) < 4.78 is 60.1. The van der Waals surface area contributed by atoms with Gasteiger partial charge in [-0.1, -0.05) is 6.07 Å². The summed E-state index contributed by atoms with van der Waals surface area (Å²) in [7, 11) is 0. The summed E-state index contributed by atoms with van der Waals surface area (Å²) in [4.78, 5) is 0. The maximum absolute atomic E-state index is 13.1. The molecule has 0 unspecified atom stereocenters. The van der Waals surface area contributed by atoms with Gasteiger partial charge in [0.25, 0.3) is 0 Å². The fourth-order valence-electron chi connectivity index (χ4n) is 2.22. The Hall–Kier alpha value is -1.50. The molecule has 0 saturated heterocycles. The second kappa shape index (κ2) is 3.53. The van der Waals surface area contributed by atoms with E-state index >= 15 is 0 Å². The van der Waals surface area contributed by atoms with Gasteiger partial charge in [-0.15, -0.1) is 0 Å². The highest BCUT2D eigenvalue weighted by Gasteiger charge is 2.66. The Balaban J connectivity index is 1.99. The van der Waals surface area contributed by atoms with Crippen LogP contribution in [-0.4, -0.2) is 12.2 Å². The largest absolute Gasteiger partial charge is 0.507 e. The van der Waals surface area contributed by atoms with Gasteiger partial charge < -0.3 is 15.2 Å². The van der Waals surface area contributed by atoms with E-state index in [-0.39, 0.29) is 0 Å². The number of hydrogen-bond donors (Lipinski definition) is 1. The maximum atomic E-state index is 13.1. The molecule has 19 heavy (non-hydrogen) atoms. The molecule has 0 spiro atoms. The van der Waals surface area contributed by atoms with E-state index in [0.717, 1.165) is 19.3 Å².